The number of hydrogen-bond acceptors (Lipinski definition) is 1. The van der Waals surface area contributed by atoms with E-state index in [-0.39, 0.29) is 0 Å². The first kappa shape index (κ1) is 13.6. The van der Waals surface area contributed by atoms with Gasteiger partial charge >= 0.3 is 0 Å². The first-order valence-electron chi connectivity index (χ1n) is 5.56. The van der Waals surface area contributed by atoms with Crippen molar-refractivity contribution in [2.24, 2.45) is 4.99 Å². The van der Waals surface area contributed by atoms with E-state index in [0.29, 0.717) is 6.54 Å². The van der Waals surface area contributed by atoms with Crippen LogP contribution in [-0.4, -0.2) is 26.1 Å². The van der Waals surface area contributed by atoms with Crippen molar-refractivity contribution in [2.45, 2.75) is 6.42 Å². The minimum absolute atomic E-state index is 0.709. The van der Waals surface area contributed by atoms with E-state index < -0.39 is 0 Å². The third-order valence-electron chi connectivity index (χ3n) is 2.26. The third kappa shape index (κ3) is 5.41. The Kier molecular flexibility index (Phi) is 6.18. The highest BCUT2D eigenvalue weighted by Gasteiger charge is 1.96. The van der Waals surface area contributed by atoms with Gasteiger partial charge in [-0.25, -0.2) is 0 Å². The van der Waals surface area contributed by atoms with Gasteiger partial charge in [-0.15, -0.1) is 6.58 Å². The van der Waals surface area contributed by atoms with Gasteiger partial charge in [0.1, 0.15) is 0 Å². The van der Waals surface area contributed by atoms with Crippen molar-refractivity contribution >= 4 is 17.6 Å². The quantitative estimate of drug-likeness (QED) is 0.478. The van der Waals surface area contributed by atoms with Crippen molar-refractivity contribution in [1.29, 1.82) is 0 Å². The molecule has 0 fully saturated rings. The van der Waals surface area contributed by atoms with E-state index in [0.717, 1.165) is 23.9 Å². The number of halogens is 1. The molecular formula is C13H18ClN3. The SMILES string of the molecule is C=CCNC(=NC)NCCc1ccc(Cl)cc1. The zero-order valence-corrected chi connectivity index (χ0v) is 10.8. The summed E-state index contributed by atoms with van der Waals surface area (Å²) < 4.78 is 0. The molecule has 0 atom stereocenters. The van der Waals surface area contributed by atoms with E-state index in [1.54, 1.807) is 13.1 Å². The van der Waals surface area contributed by atoms with Crippen molar-refractivity contribution in [2.75, 3.05) is 20.1 Å². The number of nitrogens with one attached hydrogen (secondary N) is 2. The van der Waals surface area contributed by atoms with Crippen LogP contribution in [-0.2, 0) is 6.42 Å². The second kappa shape index (κ2) is 7.74. The fourth-order valence-corrected chi connectivity index (χ4v) is 1.49. The van der Waals surface area contributed by atoms with Crippen LogP contribution in [0.2, 0.25) is 5.02 Å². The highest BCUT2D eigenvalue weighted by molar-refractivity contribution is 6.30. The Balaban J connectivity index is 2.31. The minimum Gasteiger partial charge on any atom is -0.356 e. The number of hydrogen-bond donors (Lipinski definition) is 2. The molecule has 0 amide bonds. The molecule has 0 bridgehead atoms. The summed E-state index contributed by atoms with van der Waals surface area (Å²) in [5.74, 6) is 0.791. The normalized spacial score (nSPS) is 11.1. The lowest BCUT2D eigenvalue weighted by molar-refractivity contribution is 0.822. The molecule has 1 rings (SSSR count). The van der Waals surface area contributed by atoms with Crippen molar-refractivity contribution in [1.82, 2.24) is 10.6 Å². The molecule has 17 heavy (non-hydrogen) atoms. The molecule has 0 aromatic heterocycles. The van der Waals surface area contributed by atoms with Gasteiger partial charge in [0.05, 0.1) is 0 Å². The fraction of sp³-hybridized carbons (Fsp3) is 0.308. The molecule has 0 radical (unpaired) electrons. The summed E-state index contributed by atoms with van der Waals surface area (Å²) in [6.07, 6.45) is 2.73. The Hall–Kier alpha value is -1.48. The van der Waals surface area contributed by atoms with Crippen LogP contribution in [0, 0.1) is 0 Å². The predicted octanol–water partition coefficient (Wildman–Crippen LogP) is 2.23. The standard InChI is InChI=1S/C13H18ClN3/c1-3-9-16-13(15-2)17-10-8-11-4-6-12(14)7-5-11/h3-7H,1,8-10H2,2H3,(H2,15,16,17). The number of benzene rings is 1. The monoisotopic (exact) mass is 251 g/mol. The lowest BCUT2D eigenvalue weighted by Crippen LogP contribution is -2.38. The van der Waals surface area contributed by atoms with Gasteiger partial charge in [0.2, 0.25) is 0 Å². The minimum atomic E-state index is 0.709. The van der Waals surface area contributed by atoms with Gasteiger partial charge in [-0.05, 0) is 24.1 Å². The number of rotatable bonds is 5. The lowest BCUT2D eigenvalue weighted by Gasteiger charge is -2.10. The highest BCUT2D eigenvalue weighted by atomic mass is 35.5. The van der Waals surface area contributed by atoms with Gasteiger partial charge < -0.3 is 10.6 Å². The van der Waals surface area contributed by atoms with Crippen LogP contribution >= 0.6 is 11.6 Å². The molecule has 4 heteroatoms. The zero-order chi connectivity index (χ0) is 12.5. The van der Waals surface area contributed by atoms with Crippen molar-refractivity contribution in [3.63, 3.8) is 0 Å². The first-order chi connectivity index (χ1) is 8.26. The second-order valence-electron chi connectivity index (χ2n) is 3.55. The summed E-state index contributed by atoms with van der Waals surface area (Å²) in [6, 6.07) is 7.87. The zero-order valence-electron chi connectivity index (χ0n) is 10.0. The third-order valence-corrected chi connectivity index (χ3v) is 2.51. The molecule has 3 nitrogen and oxygen atoms in total. The van der Waals surface area contributed by atoms with E-state index >= 15 is 0 Å². The van der Waals surface area contributed by atoms with Crippen LogP contribution in [0.15, 0.2) is 41.9 Å². The Morgan fingerprint density at radius 1 is 1.35 bits per heavy atom. The van der Waals surface area contributed by atoms with Crippen molar-refractivity contribution in [3.05, 3.63) is 47.5 Å². The van der Waals surface area contributed by atoms with Crippen LogP contribution in [0.1, 0.15) is 5.56 Å². The average molecular weight is 252 g/mol. The van der Waals surface area contributed by atoms with Crippen LogP contribution in [0.25, 0.3) is 0 Å². The van der Waals surface area contributed by atoms with E-state index in [1.165, 1.54) is 5.56 Å². The summed E-state index contributed by atoms with van der Waals surface area (Å²) in [5, 5.41) is 7.11. The molecule has 0 unspecified atom stereocenters. The molecule has 92 valence electrons. The Labute approximate surface area is 108 Å². The molecule has 0 saturated heterocycles. The molecule has 0 aliphatic carbocycles. The number of nitrogens with zero attached hydrogens (tertiary/aromatic N) is 1. The van der Waals surface area contributed by atoms with Crippen LogP contribution in [0.4, 0.5) is 0 Å². The van der Waals surface area contributed by atoms with Gasteiger partial charge in [-0.3, -0.25) is 4.99 Å². The maximum Gasteiger partial charge on any atom is 0.191 e. The van der Waals surface area contributed by atoms with E-state index in [4.69, 9.17) is 11.6 Å². The topological polar surface area (TPSA) is 36.4 Å². The molecule has 1 aromatic carbocycles. The van der Waals surface area contributed by atoms with E-state index in [2.05, 4.69) is 22.2 Å². The van der Waals surface area contributed by atoms with Crippen molar-refractivity contribution < 1.29 is 0 Å². The highest BCUT2D eigenvalue weighted by Crippen LogP contribution is 2.09. The second-order valence-corrected chi connectivity index (χ2v) is 3.98. The van der Waals surface area contributed by atoms with Gasteiger partial charge in [0.25, 0.3) is 0 Å². The van der Waals surface area contributed by atoms with Gasteiger partial charge in [-0.1, -0.05) is 29.8 Å². The summed E-state index contributed by atoms with van der Waals surface area (Å²) in [4.78, 5) is 4.10. The molecule has 0 aliphatic heterocycles. The van der Waals surface area contributed by atoms with Crippen molar-refractivity contribution in [3.8, 4) is 0 Å². The Morgan fingerprint density at radius 3 is 2.65 bits per heavy atom. The van der Waals surface area contributed by atoms with Crippen LogP contribution in [0.3, 0.4) is 0 Å². The van der Waals surface area contributed by atoms with Gasteiger partial charge in [0, 0.05) is 25.2 Å². The summed E-state index contributed by atoms with van der Waals surface area (Å²) in [5.41, 5.74) is 1.25. The largest absolute Gasteiger partial charge is 0.356 e. The lowest BCUT2D eigenvalue weighted by atomic mass is 10.1. The first-order valence-corrected chi connectivity index (χ1v) is 5.94. The molecule has 0 spiro atoms. The maximum absolute atomic E-state index is 5.82. The summed E-state index contributed by atoms with van der Waals surface area (Å²) >= 11 is 5.82. The smallest absolute Gasteiger partial charge is 0.191 e. The fourth-order valence-electron chi connectivity index (χ4n) is 1.37. The van der Waals surface area contributed by atoms with Gasteiger partial charge in [0.15, 0.2) is 5.96 Å². The molecule has 0 aliphatic rings. The average Bonchev–Trinajstić information content (AvgIpc) is 2.36. The maximum atomic E-state index is 5.82. The van der Waals surface area contributed by atoms with E-state index in [9.17, 15) is 0 Å². The van der Waals surface area contributed by atoms with Gasteiger partial charge in [-0.2, -0.15) is 0 Å². The summed E-state index contributed by atoms with van der Waals surface area (Å²) in [7, 11) is 1.75. The molecule has 2 N–H and O–H groups in total. The predicted molar refractivity (Wildman–Crippen MR) is 74.7 cm³/mol. The molecule has 1 aromatic rings. The number of guanidine groups is 1. The molecule has 0 saturated carbocycles. The summed E-state index contributed by atoms with van der Waals surface area (Å²) in [6.45, 7) is 5.19. The van der Waals surface area contributed by atoms with Crippen LogP contribution in [0.5, 0.6) is 0 Å². The molecule has 0 heterocycles. The van der Waals surface area contributed by atoms with Crippen LogP contribution < -0.4 is 10.6 Å². The molecular weight excluding hydrogens is 234 g/mol. The number of aliphatic imine (C=N–C) groups is 1. The Morgan fingerprint density at radius 2 is 2.06 bits per heavy atom. The Bertz CT molecular complexity index is 371. The van der Waals surface area contributed by atoms with E-state index in [1.807, 2.05) is 24.3 Å².